The molecule has 0 amide bonds. The van der Waals surface area contributed by atoms with Crippen molar-refractivity contribution < 1.29 is 0 Å². The van der Waals surface area contributed by atoms with Crippen LogP contribution in [0.2, 0.25) is 0 Å². The second-order valence-corrected chi connectivity index (χ2v) is 8.09. The van der Waals surface area contributed by atoms with Gasteiger partial charge in [-0.25, -0.2) is 0 Å². The molecule has 138 valence electrons. The molecule has 2 nitrogen and oxygen atoms in total. The van der Waals surface area contributed by atoms with Crippen LogP contribution in [0.4, 0.5) is 5.69 Å². The van der Waals surface area contributed by atoms with Crippen LogP contribution in [-0.4, -0.2) is 37.6 Å². The summed E-state index contributed by atoms with van der Waals surface area (Å²) in [5.74, 6) is 1.71. The fourth-order valence-corrected chi connectivity index (χ4v) is 4.81. The molecule has 0 radical (unpaired) electrons. The topological polar surface area (TPSA) is 6.48 Å². The van der Waals surface area contributed by atoms with Crippen LogP contribution in [-0.2, 0) is 0 Å². The van der Waals surface area contributed by atoms with Crippen molar-refractivity contribution in [2.75, 3.05) is 37.6 Å². The number of nitrogens with zero attached hydrogens (tertiary/aromatic N) is 2. The second kappa shape index (κ2) is 8.73. The minimum atomic E-state index is 0.796. The van der Waals surface area contributed by atoms with Gasteiger partial charge in [0.25, 0.3) is 0 Å². The molecular formula is C24H32N2. The van der Waals surface area contributed by atoms with E-state index in [-0.39, 0.29) is 0 Å². The lowest BCUT2D eigenvalue weighted by Gasteiger charge is -2.37. The van der Waals surface area contributed by atoms with E-state index >= 15 is 0 Å². The van der Waals surface area contributed by atoms with Crippen LogP contribution in [0.3, 0.4) is 0 Å². The van der Waals surface area contributed by atoms with Crippen LogP contribution in [0, 0.1) is 5.92 Å². The molecule has 0 bridgehead atoms. The first-order valence-corrected chi connectivity index (χ1v) is 10.5. The van der Waals surface area contributed by atoms with Gasteiger partial charge in [-0.3, -0.25) is 4.90 Å². The molecule has 1 aliphatic heterocycles. The van der Waals surface area contributed by atoms with E-state index < -0.39 is 0 Å². The van der Waals surface area contributed by atoms with Crippen molar-refractivity contribution in [2.45, 2.75) is 38.0 Å². The summed E-state index contributed by atoms with van der Waals surface area (Å²) < 4.78 is 0. The highest BCUT2D eigenvalue weighted by atomic mass is 15.3. The van der Waals surface area contributed by atoms with Crippen molar-refractivity contribution in [3.8, 4) is 0 Å². The molecule has 1 heterocycles. The lowest BCUT2D eigenvalue weighted by molar-refractivity contribution is 0.215. The normalized spacial score (nSPS) is 24.5. The molecule has 1 saturated carbocycles. The summed E-state index contributed by atoms with van der Waals surface area (Å²) in [6.07, 6.45) is 7.01. The number of anilines is 1. The zero-order valence-corrected chi connectivity index (χ0v) is 15.9. The SMILES string of the molecule is c1ccc([C@H]2CCC[C@H](CCN3CCN(c4ccccc4)CC3)C2)cc1. The summed E-state index contributed by atoms with van der Waals surface area (Å²) in [5, 5.41) is 0. The molecule has 0 unspecified atom stereocenters. The van der Waals surface area contributed by atoms with Crippen LogP contribution in [0.5, 0.6) is 0 Å². The van der Waals surface area contributed by atoms with Crippen molar-refractivity contribution in [3.63, 3.8) is 0 Å². The first-order chi connectivity index (χ1) is 12.9. The van der Waals surface area contributed by atoms with Crippen molar-refractivity contribution in [1.82, 2.24) is 4.90 Å². The fourth-order valence-electron chi connectivity index (χ4n) is 4.81. The Morgan fingerprint density at radius 3 is 2.19 bits per heavy atom. The van der Waals surface area contributed by atoms with Gasteiger partial charge in [0.05, 0.1) is 0 Å². The lowest BCUT2D eigenvalue weighted by atomic mass is 9.77. The highest BCUT2D eigenvalue weighted by molar-refractivity contribution is 5.46. The number of rotatable bonds is 5. The molecule has 2 aromatic rings. The van der Waals surface area contributed by atoms with Gasteiger partial charge in [-0.05, 0) is 55.3 Å². The van der Waals surface area contributed by atoms with Crippen LogP contribution in [0.25, 0.3) is 0 Å². The summed E-state index contributed by atoms with van der Waals surface area (Å²) in [6.45, 7) is 6.05. The van der Waals surface area contributed by atoms with E-state index in [1.54, 1.807) is 5.56 Å². The largest absolute Gasteiger partial charge is 0.369 e. The van der Waals surface area contributed by atoms with E-state index in [9.17, 15) is 0 Å². The Hall–Kier alpha value is -1.80. The van der Waals surface area contributed by atoms with Crippen molar-refractivity contribution in [2.24, 2.45) is 5.92 Å². The molecule has 26 heavy (non-hydrogen) atoms. The van der Waals surface area contributed by atoms with E-state index in [1.807, 2.05) is 0 Å². The lowest BCUT2D eigenvalue weighted by Crippen LogP contribution is -2.46. The molecule has 2 aromatic carbocycles. The maximum Gasteiger partial charge on any atom is 0.0367 e. The summed E-state index contributed by atoms with van der Waals surface area (Å²) in [7, 11) is 0. The van der Waals surface area contributed by atoms with Crippen LogP contribution in [0.1, 0.15) is 43.6 Å². The Labute approximate surface area is 158 Å². The summed E-state index contributed by atoms with van der Waals surface area (Å²) in [4.78, 5) is 5.22. The van der Waals surface area contributed by atoms with E-state index in [0.717, 1.165) is 11.8 Å². The average molecular weight is 349 g/mol. The monoisotopic (exact) mass is 348 g/mol. The second-order valence-electron chi connectivity index (χ2n) is 8.09. The molecule has 2 fully saturated rings. The predicted molar refractivity (Wildman–Crippen MR) is 111 cm³/mol. The quantitative estimate of drug-likeness (QED) is 0.735. The highest BCUT2D eigenvalue weighted by Crippen LogP contribution is 2.37. The fraction of sp³-hybridized carbons (Fsp3) is 0.500. The zero-order valence-electron chi connectivity index (χ0n) is 15.9. The molecule has 4 rings (SSSR count). The maximum absolute atomic E-state index is 2.69. The van der Waals surface area contributed by atoms with E-state index in [2.05, 4.69) is 70.5 Å². The van der Waals surface area contributed by atoms with Gasteiger partial charge in [-0.1, -0.05) is 61.4 Å². The first kappa shape index (κ1) is 17.6. The van der Waals surface area contributed by atoms with Crippen molar-refractivity contribution in [3.05, 3.63) is 66.2 Å². The minimum Gasteiger partial charge on any atom is -0.369 e. The maximum atomic E-state index is 2.69. The summed E-state index contributed by atoms with van der Waals surface area (Å²) in [5.41, 5.74) is 2.94. The molecule has 2 atom stereocenters. The third kappa shape index (κ3) is 4.48. The number of benzene rings is 2. The van der Waals surface area contributed by atoms with E-state index in [4.69, 9.17) is 0 Å². The Morgan fingerprint density at radius 2 is 1.46 bits per heavy atom. The third-order valence-corrected chi connectivity index (χ3v) is 6.40. The number of para-hydroxylation sites is 1. The molecule has 2 heteroatoms. The van der Waals surface area contributed by atoms with E-state index in [0.29, 0.717) is 0 Å². The molecule has 2 aliphatic rings. The van der Waals surface area contributed by atoms with Gasteiger partial charge in [0, 0.05) is 31.9 Å². The zero-order chi connectivity index (χ0) is 17.6. The average Bonchev–Trinajstić information content (AvgIpc) is 2.74. The van der Waals surface area contributed by atoms with Gasteiger partial charge < -0.3 is 4.90 Å². The van der Waals surface area contributed by atoms with Crippen molar-refractivity contribution >= 4 is 5.69 Å². The molecule has 0 N–H and O–H groups in total. The smallest absolute Gasteiger partial charge is 0.0367 e. The van der Waals surface area contributed by atoms with Gasteiger partial charge in [0.15, 0.2) is 0 Å². The van der Waals surface area contributed by atoms with E-state index in [1.165, 1.54) is 70.5 Å². The number of hydrogen-bond donors (Lipinski definition) is 0. The number of piperazine rings is 1. The predicted octanol–water partition coefficient (Wildman–Crippen LogP) is 5.17. The molecule has 1 saturated heterocycles. The molecule has 0 spiro atoms. The Bertz CT molecular complexity index is 646. The van der Waals surface area contributed by atoms with Gasteiger partial charge in [0.1, 0.15) is 0 Å². The molecular weight excluding hydrogens is 316 g/mol. The van der Waals surface area contributed by atoms with Gasteiger partial charge in [-0.2, -0.15) is 0 Å². The van der Waals surface area contributed by atoms with Gasteiger partial charge >= 0.3 is 0 Å². The van der Waals surface area contributed by atoms with Gasteiger partial charge in [-0.15, -0.1) is 0 Å². The van der Waals surface area contributed by atoms with Gasteiger partial charge in [0.2, 0.25) is 0 Å². The summed E-state index contributed by atoms with van der Waals surface area (Å²) in [6, 6.07) is 22.1. The standard InChI is InChI=1S/C24H32N2/c1-3-9-22(10-4-1)23-11-7-8-21(20-23)14-15-25-16-18-26(19-17-25)24-12-5-2-6-13-24/h1-6,9-10,12-13,21,23H,7-8,11,14-20H2/t21-,23+/m1/s1. The third-order valence-electron chi connectivity index (χ3n) is 6.40. The number of hydrogen-bond acceptors (Lipinski definition) is 2. The minimum absolute atomic E-state index is 0.796. The molecule has 1 aliphatic carbocycles. The van der Waals surface area contributed by atoms with Crippen molar-refractivity contribution in [1.29, 1.82) is 0 Å². The Balaban J connectivity index is 1.22. The Kier molecular flexibility index (Phi) is 5.91. The first-order valence-electron chi connectivity index (χ1n) is 10.5. The van der Waals surface area contributed by atoms with Crippen LogP contribution >= 0.6 is 0 Å². The molecule has 0 aromatic heterocycles. The summed E-state index contributed by atoms with van der Waals surface area (Å²) >= 11 is 0. The van der Waals surface area contributed by atoms with Crippen LogP contribution in [0.15, 0.2) is 60.7 Å². The van der Waals surface area contributed by atoms with Crippen LogP contribution < -0.4 is 4.90 Å². The Morgan fingerprint density at radius 1 is 0.769 bits per heavy atom. The highest BCUT2D eigenvalue weighted by Gasteiger charge is 2.24.